The largest absolute Gasteiger partial charge is 0.463 e. The predicted molar refractivity (Wildman–Crippen MR) is 60.3 cm³/mol. The highest BCUT2D eigenvalue weighted by molar-refractivity contribution is 5.85. The quantitative estimate of drug-likeness (QED) is 0.714. The van der Waals surface area contributed by atoms with Crippen LogP contribution in [0.1, 0.15) is 16.2 Å². The van der Waals surface area contributed by atoms with E-state index in [0.29, 0.717) is 17.1 Å². The van der Waals surface area contributed by atoms with Crippen LogP contribution >= 0.6 is 0 Å². The second-order valence-electron chi connectivity index (χ2n) is 3.42. The maximum Gasteiger partial charge on any atom is 0.377 e. The molecule has 7 heteroatoms. The third-order valence-electron chi connectivity index (χ3n) is 2.25. The first-order valence-electron chi connectivity index (χ1n) is 5.01. The number of aromatic nitrogens is 4. The highest BCUT2D eigenvalue weighted by Crippen LogP contribution is 2.14. The molecule has 0 fully saturated rings. The molecule has 2 rings (SSSR count). The number of methoxy groups -OCH3 is 1. The maximum absolute atomic E-state index is 11.3. The number of hydrogen-bond donors (Lipinski definition) is 0. The average molecular weight is 243 g/mol. The first-order chi connectivity index (χ1) is 8.65. The van der Waals surface area contributed by atoms with Gasteiger partial charge in [-0.2, -0.15) is 10.2 Å². The summed E-state index contributed by atoms with van der Waals surface area (Å²) in [5, 5.41) is 12.6. The summed E-state index contributed by atoms with van der Waals surface area (Å²) in [5.74, 6) is -0.202. The zero-order valence-electron chi connectivity index (χ0n) is 9.78. The topological polar surface area (TPSA) is 93.7 Å². The number of carbonyl (C=O) groups is 1. The summed E-state index contributed by atoms with van der Waals surface area (Å²) in [5.41, 5.74) is 0.980. The molecule has 0 radical (unpaired) electrons. The summed E-state index contributed by atoms with van der Waals surface area (Å²) in [6.45, 7) is 0. The zero-order valence-corrected chi connectivity index (χ0v) is 9.78. The second-order valence-corrected chi connectivity index (χ2v) is 3.42. The molecule has 0 N–H and O–H groups in total. The number of nitrogens with zero attached hydrogens (tertiary/aromatic N) is 5. The summed E-state index contributed by atoms with van der Waals surface area (Å²) in [6.07, 6.45) is 1.43. The average Bonchev–Trinajstić information content (AvgIpc) is 2.80. The van der Waals surface area contributed by atoms with Gasteiger partial charge in [0.05, 0.1) is 12.7 Å². The molecule has 0 atom stereocenters. The lowest BCUT2D eigenvalue weighted by atomic mass is 10.2. The first-order valence-corrected chi connectivity index (χ1v) is 5.01. The van der Waals surface area contributed by atoms with Gasteiger partial charge in [0.25, 0.3) is 5.82 Å². The fourth-order valence-electron chi connectivity index (χ4n) is 1.38. The van der Waals surface area contributed by atoms with Crippen LogP contribution in [0.2, 0.25) is 0 Å². The summed E-state index contributed by atoms with van der Waals surface area (Å²) in [4.78, 5) is 19.4. The van der Waals surface area contributed by atoms with Crippen molar-refractivity contribution in [2.24, 2.45) is 7.05 Å². The van der Waals surface area contributed by atoms with Crippen LogP contribution in [0.5, 0.6) is 0 Å². The van der Waals surface area contributed by atoms with E-state index >= 15 is 0 Å². The van der Waals surface area contributed by atoms with Gasteiger partial charge < -0.3 is 4.74 Å². The van der Waals surface area contributed by atoms with Gasteiger partial charge in [0, 0.05) is 13.2 Å². The Kier molecular flexibility index (Phi) is 3.02. The molecule has 0 aliphatic heterocycles. The van der Waals surface area contributed by atoms with E-state index in [-0.39, 0.29) is 5.82 Å². The number of esters is 1. The summed E-state index contributed by atoms with van der Waals surface area (Å²) in [7, 11) is 2.91. The van der Waals surface area contributed by atoms with Crippen molar-refractivity contribution in [1.29, 1.82) is 5.26 Å². The molecule has 90 valence electrons. The lowest BCUT2D eigenvalue weighted by Crippen LogP contribution is -2.04. The van der Waals surface area contributed by atoms with Gasteiger partial charge in [-0.3, -0.25) is 4.98 Å². The molecule has 2 aromatic rings. The molecule has 2 aromatic heterocycles. The number of ether oxygens (including phenoxy) is 1. The van der Waals surface area contributed by atoms with Crippen LogP contribution in [-0.4, -0.2) is 32.8 Å². The van der Waals surface area contributed by atoms with Crippen LogP contribution < -0.4 is 0 Å². The standard InChI is InChI=1S/C11H9N5O2/c1-16-10(14-9(15-16)11(17)18-2)8-4-3-7(5-12)6-13-8/h3-4,6H,1-2H3. The van der Waals surface area contributed by atoms with Crippen LogP contribution in [0.3, 0.4) is 0 Å². The number of rotatable bonds is 2. The van der Waals surface area contributed by atoms with E-state index in [9.17, 15) is 4.79 Å². The monoisotopic (exact) mass is 243 g/mol. The Hall–Kier alpha value is -2.75. The summed E-state index contributed by atoms with van der Waals surface area (Å²) < 4.78 is 5.97. The van der Waals surface area contributed by atoms with Gasteiger partial charge in [-0.05, 0) is 12.1 Å². The van der Waals surface area contributed by atoms with Crippen molar-refractivity contribution in [2.45, 2.75) is 0 Å². The number of carbonyl (C=O) groups excluding carboxylic acids is 1. The Morgan fingerprint density at radius 3 is 2.83 bits per heavy atom. The summed E-state index contributed by atoms with van der Waals surface area (Å²) >= 11 is 0. The molecular formula is C11H9N5O2. The highest BCUT2D eigenvalue weighted by Gasteiger charge is 2.16. The third kappa shape index (κ3) is 2.04. The van der Waals surface area contributed by atoms with Crippen molar-refractivity contribution in [2.75, 3.05) is 7.11 Å². The highest BCUT2D eigenvalue weighted by atomic mass is 16.5. The van der Waals surface area contributed by atoms with Crippen molar-refractivity contribution >= 4 is 5.97 Å². The number of hydrogen-bond acceptors (Lipinski definition) is 6. The Balaban J connectivity index is 2.41. The normalized spacial score (nSPS) is 9.83. The molecule has 18 heavy (non-hydrogen) atoms. The van der Waals surface area contributed by atoms with Gasteiger partial charge in [-0.25, -0.2) is 9.48 Å². The molecular weight excluding hydrogens is 234 g/mol. The van der Waals surface area contributed by atoms with E-state index in [0.717, 1.165) is 0 Å². The van der Waals surface area contributed by atoms with Crippen LogP contribution in [0.4, 0.5) is 0 Å². The Morgan fingerprint density at radius 1 is 1.50 bits per heavy atom. The molecule has 0 spiro atoms. The smallest absolute Gasteiger partial charge is 0.377 e. The predicted octanol–water partition coefficient (Wildman–Crippen LogP) is 0.535. The van der Waals surface area contributed by atoms with Gasteiger partial charge in [-0.1, -0.05) is 0 Å². The molecule has 0 bridgehead atoms. The fraction of sp³-hybridized carbons (Fsp3) is 0.182. The minimum Gasteiger partial charge on any atom is -0.463 e. The molecule has 0 amide bonds. The van der Waals surface area contributed by atoms with Crippen LogP contribution in [0.25, 0.3) is 11.5 Å². The maximum atomic E-state index is 11.3. The van der Waals surface area contributed by atoms with E-state index in [4.69, 9.17) is 5.26 Å². The molecule has 0 unspecified atom stereocenters. The zero-order chi connectivity index (χ0) is 13.1. The molecule has 0 aliphatic rings. The van der Waals surface area contributed by atoms with E-state index in [1.165, 1.54) is 18.0 Å². The van der Waals surface area contributed by atoms with Gasteiger partial charge in [0.1, 0.15) is 11.8 Å². The van der Waals surface area contributed by atoms with E-state index < -0.39 is 5.97 Å². The van der Waals surface area contributed by atoms with Crippen molar-refractivity contribution in [3.63, 3.8) is 0 Å². The second kappa shape index (κ2) is 4.63. The van der Waals surface area contributed by atoms with Crippen LogP contribution in [-0.2, 0) is 11.8 Å². The lowest BCUT2D eigenvalue weighted by molar-refractivity contribution is 0.0586. The van der Waals surface area contributed by atoms with Gasteiger partial charge in [0.15, 0.2) is 5.82 Å². The van der Waals surface area contributed by atoms with Crippen LogP contribution in [0.15, 0.2) is 18.3 Å². The molecule has 0 aromatic carbocycles. The number of nitriles is 1. The summed E-state index contributed by atoms with van der Waals surface area (Å²) in [6, 6.07) is 5.24. The molecule has 7 nitrogen and oxygen atoms in total. The number of aryl methyl sites for hydroxylation is 1. The Morgan fingerprint density at radius 2 is 2.28 bits per heavy atom. The van der Waals surface area contributed by atoms with E-state index in [1.54, 1.807) is 19.2 Å². The van der Waals surface area contributed by atoms with Gasteiger partial charge in [0.2, 0.25) is 0 Å². The minimum atomic E-state index is -0.606. The third-order valence-corrected chi connectivity index (χ3v) is 2.25. The van der Waals surface area contributed by atoms with Crippen molar-refractivity contribution in [1.82, 2.24) is 19.7 Å². The van der Waals surface area contributed by atoms with Crippen LogP contribution in [0, 0.1) is 11.3 Å². The minimum absolute atomic E-state index is 0.0267. The molecule has 0 saturated carbocycles. The number of pyridine rings is 1. The Labute approximate surface area is 103 Å². The van der Waals surface area contributed by atoms with E-state index in [1.807, 2.05) is 6.07 Å². The molecule has 0 aliphatic carbocycles. The van der Waals surface area contributed by atoms with Crippen molar-refractivity contribution in [3.8, 4) is 17.6 Å². The van der Waals surface area contributed by atoms with E-state index in [2.05, 4.69) is 19.8 Å². The first kappa shape index (κ1) is 11.7. The SMILES string of the molecule is COC(=O)c1nc(-c2ccc(C#N)cn2)n(C)n1. The van der Waals surface area contributed by atoms with Gasteiger partial charge >= 0.3 is 5.97 Å². The molecule has 2 heterocycles. The van der Waals surface area contributed by atoms with Crippen molar-refractivity contribution < 1.29 is 9.53 Å². The van der Waals surface area contributed by atoms with Gasteiger partial charge in [-0.15, -0.1) is 5.10 Å². The molecule has 0 saturated heterocycles. The lowest BCUT2D eigenvalue weighted by Gasteiger charge is -1.97. The van der Waals surface area contributed by atoms with Crippen molar-refractivity contribution in [3.05, 3.63) is 29.7 Å². The fourth-order valence-corrected chi connectivity index (χ4v) is 1.38. The Bertz CT molecular complexity index is 624.